The van der Waals surface area contributed by atoms with E-state index in [0.29, 0.717) is 0 Å². The molecule has 0 saturated heterocycles. The molecule has 0 aromatic rings. The first kappa shape index (κ1) is 11.8. The number of aliphatic carboxylic acids is 1. The molecule has 8 heavy (non-hydrogen) atoms. The van der Waals surface area contributed by atoms with Crippen molar-refractivity contribution in [3.63, 3.8) is 0 Å². The van der Waals surface area contributed by atoms with Crippen LogP contribution in [0, 0.1) is 0 Å². The molecule has 2 nitrogen and oxygen atoms in total. The van der Waals surface area contributed by atoms with Crippen molar-refractivity contribution in [1.29, 1.82) is 0 Å². The van der Waals surface area contributed by atoms with Gasteiger partial charge in [0, 0.05) is 4.99 Å². The van der Waals surface area contributed by atoms with Crippen molar-refractivity contribution in [1.82, 2.24) is 0 Å². The second-order valence-electron chi connectivity index (χ2n) is 0.762. The maximum atomic E-state index is 9.79. The van der Waals surface area contributed by atoms with Crippen molar-refractivity contribution in [3.05, 3.63) is 9.47 Å². The molecule has 0 atom stereocenters. The molecule has 0 aromatic heterocycles. The van der Waals surface area contributed by atoms with E-state index in [0.717, 1.165) is 0 Å². The van der Waals surface area contributed by atoms with Gasteiger partial charge in [-0.05, 0) is 15.9 Å². The summed E-state index contributed by atoms with van der Waals surface area (Å²) in [5.41, 5.74) is 0. The Morgan fingerprint density at radius 2 is 2.00 bits per heavy atom. The molecule has 0 aliphatic rings. The first-order valence-electron chi connectivity index (χ1n) is 1.37. The first-order chi connectivity index (χ1) is 3.18. The molecule has 0 aromatic carbocycles. The van der Waals surface area contributed by atoms with Gasteiger partial charge >= 0.3 is 31.8 Å². The molecule has 0 saturated carbocycles. The van der Waals surface area contributed by atoms with Gasteiger partial charge in [-0.15, -0.1) is 0 Å². The summed E-state index contributed by atoms with van der Waals surface area (Å²) in [5.74, 6) is -0.975. The van der Waals surface area contributed by atoms with Crippen LogP contribution in [0.2, 0.25) is 0 Å². The van der Waals surface area contributed by atoms with E-state index in [2.05, 4.69) is 31.9 Å². The molecule has 0 radical (unpaired) electrons. The van der Waals surface area contributed by atoms with Gasteiger partial charge in [0.1, 0.15) is 4.48 Å². The molecule has 0 amide bonds. The van der Waals surface area contributed by atoms with Gasteiger partial charge in [-0.2, -0.15) is 0 Å². The van der Waals surface area contributed by atoms with E-state index in [9.17, 15) is 4.79 Å². The summed E-state index contributed by atoms with van der Waals surface area (Å²) in [6.07, 6.45) is 0. The summed E-state index contributed by atoms with van der Waals surface area (Å²) in [5, 5.41) is 8.04. The van der Waals surface area contributed by atoms with Gasteiger partial charge in [0.2, 0.25) is 0 Å². The molecule has 0 spiro atoms. The molecule has 0 unspecified atom stereocenters. The van der Waals surface area contributed by atoms with E-state index in [4.69, 9.17) is 5.11 Å². The second-order valence-corrected chi connectivity index (χ2v) is 2.07. The summed E-state index contributed by atoms with van der Waals surface area (Å²) >= 11 is 5.58. The standard InChI is InChI=1S/C3H2Br2O2.In.3H/c4-1-2(5)3(6)7;;;;/h1H,(H,6,7);;;;. The number of carboxylic acids is 1. The van der Waals surface area contributed by atoms with Crippen LogP contribution < -0.4 is 0 Å². The summed E-state index contributed by atoms with van der Waals surface area (Å²) in [4.78, 5) is 11.1. The van der Waals surface area contributed by atoms with Crippen LogP contribution >= 0.6 is 31.9 Å². The Bertz CT molecular complexity index is 112. The Labute approximate surface area is 82.4 Å². The number of rotatable bonds is 1. The van der Waals surface area contributed by atoms with E-state index in [-0.39, 0.29) is 30.3 Å². The molecule has 46 valence electrons. The zero-order valence-corrected chi connectivity index (χ0v) is 6.36. The predicted octanol–water partition coefficient (Wildman–Crippen LogP) is 0.518. The third-order valence-electron chi connectivity index (χ3n) is 0.300. The van der Waals surface area contributed by atoms with E-state index in [1.807, 2.05) is 0 Å². The van der Waals surface area contributed by atoms with E-state index in [1.165, 1.54) is 4.99 Å². The monoisotopic (exact) mass is 346 g/mol. The van der Waals surface area contributed by atoms with Crippen LogP contribution in [0.5, 0.6) is 0 Å². The third kappa shape index (κ3) is 5.18. The predicted molar refractivity (Wildman–Crippen MR) is 43.5 cm³/mol. The quantitative estimate of drug-likeness (QED) is 0.702. The van der Waals surface area contributed by atoms with Crippen molar-refractivity contribution in [2.75, 3.05) is 0 Å². The van der Waals surface area contributed by atoms with Crippen molar-refractivity contribution < 1.29 is 9.90 Å². The van der Waals surface area contributed by atoms with Gasteiger partial charge in [-0.25, -0.2) is 4.79 Å². The Hall–Kier alpha value is 1.04. The molecule has 1 N–H and O–H groups in total. The molecular weight excluding hydrogens is 343 g/mol. The molecular formula is C3H5Br2InO2. The van der Waals surface area contributed by atoms with Gasteiger partial charge in [-0.1, -0.05) is 15.9 Å². The summed E-state index contributed by atoms with van der Waals surface area (Å²) in [7, 11) is 0. The fourth-order valence-electron chi connectivity index (χ4n) is 0.0467. The number of carbonyl (C=O) groups is 1. The van der Waals surface area contributed by atoms with Crippen LogP contribution in [0.1, 0.15) is 0 Å². The van der Waals surface area contributed by atoms with E-state index >= 15 is 0 Å². The summed E-state index contributed by atoms with van der Waals surface area (Å²) in [6.45, 7) is 0. The van der Waals surface area contributed by atoms with Gasteiger partial charge in [0.05, 0.1) is 0 Å². The average molecular weight is 348 g/mol. The van der Waals surface area contributed by atoms with Gasteiger partial charge in [-0.3, -0.25) is 0 Å². The molecule has 0 aliphatic carbocycles. The fourth-order valence-corrected chi connectivity index (χ4v) is 0.243. The topological polar surface area (TPSA) is 37.3 Å². The minimum absolute atomic E-state index is 0. The molecule has 0 fully saturated rings. The van der Waals surface area contributed by atoms with Crippen LogP contribution in [0.4, 0.5) is 0 Å². The number of hydrogen-bond acceptors (Lipinski definition) is 1. The van der Waals surface area contributed by atoms with Crippen molar-refractivity contribution in [3.8, 4) is 0 Å². The zero-order valence-electron chi connectivity index (χ0n) is 3.19. The molecule has 0 aliphatic heterocycles. The SMILES string of the molecule is O=C(O)C(Br)=CBr.[InH3]. The minimum atomic E-state index is -0.975. The molecule has 0 bridgehead atoms. The second kappa shape index (κ2) is 6.16. The molecule has 0 rings (SSSR count). The first-order valence-corrected chi connectivity index (χ1v) is 3.08. The number of halogens is 2. The summed E-state index contributed by atoms with van der Waals surface area (Å²) < 4.78 is 0.118. The van der Waals surface area contributed by atoms with Crippen molar-refractivity contribution >= 4 is 63.7 Å². The Kier molecular flexibility index (Phi) is 9.09. The van der Waals surface area contributed by atoms with Crippen LogP contribution in [0.25, 0.3) is 0 Å². The average Bonchev–Trinajstić information content (AvgIpc) is 1.65. The van der Waals surface area contributed by atoms with Gasteiger partial charge in [0.15, 0.2) is 0 Å². The third-order valence-corrected chi connectivity index (χ3v) is 1.94. The van der Waals surface area contributed by atoms with Gasteiger partial charge in [0.25, 0.3) is 0 Å². The number of hydrogen-bond donors (Lipinski definition) is 1. The van der Waals surface area contributed by atoms with Crippen LogP contribution in [-0.2, 0) is 4.79 Å². The number of carboxylic acid groups (broad SMARTS) is 1. The van der Waals surface area contributed by atoms with E-state index < -0.39 is 5.97 Å². The van der Waals surface area contributed by atoms with Gasteiger partial charge < -0.3 is 5.11 Å². The van der Waals surface area contributed by atoms with Crippen LogP contribution in [0.15, 0.2) is 9.47 Å². The van der Waals surface area contributed by atoms with Crippen LogP contribution in [0.3, 0.4) is 0 Å². The van der Waals surface area contributed by atoms with E-state index in [1.54, 1.807) is 0 Å². The normalized spacial score (nSPS) is 10.0. The Morgan fingerprint density at radius 1 is 1.62 bits per heavy atom. The van der Waals surface area contributed by atoms with Crippen LogP contribution in [-0.4, -0.2) is 36.9 Å². The Balaban J connectivity index is 0. The van der Waals surface area contributed by atoms with Crippen molar-refractivity contribution in [2.24, 2.45) is 0 Å². The Morgan fingerprint density at radius 3 is 2.00 bits per heavy atom. The van der Waals surface area contributed by atoms with Crippen molar-refractivity contribution in [2.45, 2.75) is 0 Å². The molecule has 5 heteroatoms. The maximum absolute atomic E-state index is 9.79. The fraction of sp³-hybridized carbons (Fsp3) is 0. The zero-order chi connectivity index (χ0) is 5.86. The summed E-state index contributed by atoms with van der Waals surface area (Å²) in [6, 6.07) is 0. The molecule has 0 heterocycles.